The van der Waals surface area contributed by atoms with Crippen molar-refractivity contribution < 1.29 is 28.3 Å². The molecular weight excluding hydrogens is 381 g/mol. The minimum Gasteiger partial charge on any atom is -0.462 e. The van der Waals surface area contributed by atoms with E-state index >= 15 is 0 Å². The summed E-state index contributed by atoms with van der Waals surface area (Å²) < 4.78 is 18.0. The fraction of sp³-hybridized carbons (Fsp3) is 0.150. The summed E-state index contributed by atoms with van der Waals surface area (Å²) in [6.07, 6.45) is 1.09. The van der Waals surface area contributed by atoms with Gasteiger partial charge in [0.05, 0.1) is 23.5 Å². The molecule has 1 fully saturated rings. The van der Waals surface area contributed by atoms with Crippen molar-refractivity contribution in [3.05, 3.63) is 59.9 Å². The summed E-state index contributed by atoms with van der Waals surface area (Å²) in [5.74, 6) is -4.08. The Morgan fingerprint density at radius 2 is 1.93 bits per heavy atom. The molecule has 1 atom stereocenters. The number of nitrogens with one attached hydrogen (secondary N) is 1. The number of imide groups is 2. The molecule has 0 aromatic heterocycles. The molecule has 0 bridgehead atoms. The topological polar surface area (TPSA) is 105 Å². The molecule has 9 heteroatoms. The van der Waals surface area contributed by atoms with Gasteiger partial charge < -0.3 is 4.74 Å². The zero-order valence-electron chi connectivity index (χ0n) is 15.3. The van der Waals surface area contributed by atoms with Crippen LogP contribution in [0.1, 0.15) is 17.3 Å². The lowest BCUT2D eigenvalue weighted by Crippen LogP contribution is -2.58. The summed E-state index contributed by atoms with van der Waals surface area (Å²) in [5, 5.41) is 2.07. The standard InChI is InChI=1S/C20H16FN3O5/c1-2-29-19(27)12-4-3-5-14(10-12)22-11-16-17(25)23-20(28)24(18(16)26)15-8-6-13(21)7-9-15/h3-11,16H,2H2,1H3,(H,23,25,28). The molecule has 0 saturated carbocycles. The summed E-state index contributed by atoms with van der Waals surface area (Å²) in [4.78, 5) is 53.5. The van der Waals surface area contributed by atoms with Gasteiger partial charge in [-0.2, -0.15) is 0 Å². The van der Waals surface area contributed by atoms with Crippen LogP contribution in [0.2, 0.25) is 0 Å². The SMILES string of the molecule is CCOC(=O)c1cccc(N=CC2C(=O)NC(=O)N(c3ccc(F)cc3)C2=O)c1. The molecule has 3 rings (SSSR count). The van der Waals surface area contributed by atoms with Gasteiger partial charge in [0, 0.05) is 6.21 Å². The molecule has 8 nitrogen and oxygen atoms in total. The van der Waals surface area contributed by atoms with E-state index in [2.05, 4.69) is 10.3 Å². The van der Waals surface area contributed by atoms with Crippen molar-refractivity contribution in [3.8, 4) is 0 Å². The Bertz CT molecular complexity index is 1000. The van der Waals surface area contributed by atoms with Crippen molar-refractivity contribution in [2.75, 3.05) is 11.5 Å². The molecule has 2 aromatic rings. The second kappa shape index (κ2) is 8.42. The molecule has 0 spiro atoms. The average Bonchev–Trinajstić information content (AvgIpc) is 2.69. The van der Waals surface area contributed by atoms with Gasteiger partial charge in [-0.25, -0.2) is 18.9 Å². The Hall–Kier alpha value is -3.88. The first-order valence-electron chi connectivity index (χ1n) is 8.66. The molecule has 1 saturated heterocycles. The van der Waals surface area contributed by atoms with Crippen LogP contribution < -0.4 is 10.2 Å². The first kappa shape index (κ1) is 19.9. The fourth-order valence-electron chi connectivity index (χ4n) is 2.64. The van der Waals surface area contributed by atoms with Gasteiger partial charge >= 0.3 is 12.0 Å². The molecule has 1 aliphatic rings. The third kappa shape index (κ3) is 4.34. The highest BCUT2D eigenvalue weighted by molar-refractivity contribution is 6.32. The van der Waals surface area contributed by atoms with Gasteiger partial charge in [0.2, 0.25) is 5.91 Å². The number of carbonyl (C=O) groups excluding carboxylic acids is 4. The van der Waals surface area contributed by atoms with Gasteiger partial charge in [-0.3, -0.25) is 19.9 Å². The maximum absolute atomic E-state index is 13.1. The van der Waals surface area contributed by atoms with Gasteiger partial charge in [-0.05, 0) is 49.4 Å². The predicted molar refractivity (Wildman–Crippen MR) is 101 cm³/mol. The summed E-state index contributed by atoms with van der Waals surface area (Å²) in [6, 6.07) is 9.91. The first-order valence-corrected chi connectivity index (χ1v) is 8.66. The normalized spacial score (nSPS) is 16.8. The molecule has 1 heterocycles. The summed E-state index contributed by atoms with van der Waals surface area (Å²) in [5.41, 5.74) is 0.703. The molecule has 0 aliphatic carbocycles. The Balaban J connectivity index is 1.84. The van der Waals surface area contributed by atoms with Gasteiger partial charge in [0.25, 0.3) is 5.91 Å². The molecular formula is C20H16FN3O5. The molecule has 0 radical (unpaired) electrons. The van der Waals surface area contributed by atoms with Crippen molar-refractivity contribution >= 4 is 41.4 Å². The summed E-state index contributed by atoms with van der Waals surface area (Å²) >= 11 is 0. The monoisotopic (exact) mass is 397 g/mol. The first-order chi connectivity index (χ1) is 13.9. The average molecular weight is 397 g/mol. The largest absolute Gasteiger partial charge is 0.462 e. The van der Waals surface area contributed by atoms with E-state index in [1.807, 2.05) is 0 Å². The number of anilines is 1. The van der Waals surface area contributed by atoms with Crippen molar-refractivity contribution in [1.82, 2.24) is 5.32 Å². The molecule has 29 heavy (non-hydrogen) atoms. The van der Waals surface area contributed by atoms with Crippen molar-refractivity contribution in [2.24, 2.45) is 10.9 Å². The third-order valence-corrected chi connectivity index (χ3v) is 4.02. The van der Waals surface area contributed by atoms with E-state index in [-0.39, 0.29) is 17.9 Å². The van der Waals surface area contributed by atoms with E-state index in [1.54, 1.807) is 25.1 Å². The predicted octanol–water partition coefficient (Wildman–Crippen LogP) is 2.60. The van der Waals surface area contributed by atoms with E-state index in [4.69, 9.17) is 4.74 Å². The minimum absolute atomic E-state index is 0.115. The van der Waals surface area contributed by atoms with E-state index in [1.165, 1.54) is 18.2 Å². The Kier molecular flexibility index (Phi) is 5.77. The van der Waals surface area contributed by atoms with Crippen LogP contribution in [0, 0.1) is 11.7 Å². The highest BCUT2D eigenvalue weighted by atomic mass is 19.1. The third-order valence-electron chi connectivity index (χ3n) is 4.02. The van der Waals surface area contributed by atoms with Crippen LogP contribution in [0.15, 0.2) is 53.5 Å². The Morgan fingerprint density at radius 1 is 1.21 bits per heavy atom. The van der Waals surface area contributed by atoms with Crippen LogP contribution in [0.25, 0.3) is 0 Å². The van der Waals surface area contributed by atoms with Gasteiger partial charge in [0.1, 0.15) is 5.82 Å². The van der Waals surface area contributed by atoms with E-state index in [9.17, 15) is 23.6 Å². The van der Waals surface area contributed by atoms with Crippen molar-refractivity contribution in [1.29, 1.82) is 0 Å². The number of urea groups is 1. The quantitative estimate of drug-likeness (QED) is 0.474. The maximum Gasteiger partial charge on any atom is 0.338 e. The lowest BCUT2D eigenvalue weighted by Gasteiger charge is -2.28. The number of halogens is 1. The van der Waals surface area contributed by atoms with Gasteiger partial charge in [-0.1, -0.05) is 6.07 Å². The number of rotatable bonds is 5. The van der Waals surface area contributed by atoms with Crippen molar-refractivity contribution in [3.63, 3.8) is 0 Å². The van der Waals surface area contributed by atoms with E-state index < -0.39 is 35.5 Å². The van der Waals surface area contributed by atoms with Crippen LogP contribution in [0.3, 0.4) is 0 Å². The fourth-order valence-corrected chi connectivity index (χ4v) is 2.64. The smallest absolute Gasteiger partial charge is 0.338 e. The van der Waals surface area contributed by atoms with Gasteiger partial charge in [0.15, 0.2) is 5.92 Å². The van der Waals surface area contributed by atoms with E-state index in [0.29, 0.717) is 5.69 Å². The number of benzene rings is 2. The zero-order valence-corrected chi connectivity index (χ0v) is 15.3. The maximum atomic E-state index is 13.1. The summed E-state index contributed by atoms with van der Waals surface area (Å²) in [7, 11) is 0. The Labute approximate surface area is 165 Å². The minimum atomic E-state index is -1.37. The molecule has 4 amide bonds. The number of amides is 4. The Morgan fingerprint density at radius 3 is 2.62 bits per heavy atom. The van der Waals surface area contributed by atoms with Crippen molar-refractivity contribution in [2.45, 2.75) is 6.92 Å². The molecule has 1 unspecified atom stereocenters. The molecule has 1 aliphatic heterocycles. The number of carbonyl (C=O) groups is 4. The van der Waals surface area contributed by atoms with Gasteiger partial charge in [-0.15, -0.1) is 0 Å². The van der Waals surface area contributed by atoms with Crippen LogP contribution >= 0.6 is 0 Å². The second-order valence-corrected chi connectivity index (χ2v) is 5.97. The zero-order chi connectivity index (χ0) is 21.0. The number of ether oxygens (including phenoxy) is 1. The van der Waals surface area contributed by atoms with Crippen LogP contribution in [-0.2, 0) is 14.3 Å². The summed E-state index contributed by atoms with van der Waals surface area (Å²) in [6.45, 7) is 1.90. The lowest BCUT2D eigenvalue weighted by atomic mass is 10.1. The number of hydrogen-bond acceptors (Lipinski definition) is 6. The molecule has 1 N–H and O–H groups in total. The van der Waals surface area contributed by atoms with Crippen LogP contribution in [0.4, 0.5) is 20.6 Å². The lowest BCUT2D eigenvalue weighted by molar-refractivity contribution is -0.131. The van der Waals surface area contributed by atoms with E-state index in [0.717, 1.165) is 23.2 Å². The molecule has 2 aromatic carbocycles. The highest BCUT2D eigenvalue weighted by Crippen LogP contribution is 2.21. The van der Waals surface area contributed by atoms with Crippen LogP contribution in [-0.4, -0.2) is 36.6 Å². The van der Waals surface area contributed by atoms with Crippen LogP contribution in [0.5, 0.6) is 0 Å². The second-order valence-electron chi connectivity index (χ2n) is 5.97. The number of aliphatic imine (C=N–C) groups is 1. The number of nitrogens with zero attached hydrogens (tertiary/aromatic N) is 2. The number of esters is 1. The number of hydrogen-bond donors (Lipinski definition) is 1. The highest BCUT2D eigenvalue weighted by Gasteiger charge is 2.40. The number of barbiturate groups is 1. The molecule has 148 valence electrons.